The van der Waals surface area contributed by atoms with E-state index in [1.165, 1.54) is 18.2 Å². The second-order valence-electron chi connectivity index (χ2n) is 7.58. The molecular formula is C24H22N2O5S. The van der Waals surface area contributed by atoms with Crippen LogP contribution in [0.25, 0.3) is 5.57 Å². The van der Waals surface area contributed by atoms with Gasteiger partial charge in [-0.2, -0.15) is 0 Å². The van der Waals surface area contributed by atoms with Crippen LogP contribution in [-0.2, 0) is 9.53 Å². The molecule has 4 rings (SSSR count). The monoisotopic (exact) mass is 450 g/mol. The first-order valence-electron chi connectivity index (χ1n) is 10.2. The molecule has 1 aromatic carbocycles. The Morgan fingerprint density at radius 1 is 1.25 bits per heavy atom. The zero-order valence-corrected chi connectivity index (χ0v) is 18.1. The number of ketones is 1. The highest BCUT2D eigenvalue weighted by atomic mass is 32.1. The molecule has 4 N–H and O–H groups in total. The highest BCUT2D eigenvalue weighted by Crippen LogP contribution is 2.45. The Bertz CT molecular complexity index is 1160. The molecule has 0 amide bonds. The van der Waals surface area contributed by atoms with E-state index < -0.39 is 12.1 Å². The third-order valence-electron chi connectivity index (χ3n) is 5.34. The predicted octanol–water partition coefficient (Wildman–Crippen LogP) is 3.88. The van der Waals surface area contributed by atoms with Crippen molar-refractivity contribution in [2.75, 3.05) is 11.9 Å². The molecule has 1 heterocycles. The van der Waals surface area contributed by atoms with Crippen molar-refractivity contribution in [3.63, 3.8) is 0 Å². The molecule has 2 unspecified atom stereocenters. The minimum absolute atomic E-state index is 0.0541. The molecule has 2 atom stereocenters. The van der Waals surface area contributed by atoms with Crippen LogP contribution in [0.3, 0.4) is 0 Å². The van der Waals surface area contributed by atoms with E-state index >= 15 is 0 Å². The number of rotatable bonds is 5. The average Bonchev–Trinajstić information content (AvgIpc) is 2.76. The van der Waals surface area contributed by atoms with E-state index in [2.05, 4.69) is 10.6 Å². The highest BCUT2D eigenvalue weighted by Gasteiger charge is 2.37. The number of allylic oxidation sites excluding steroid dienone is 4. The Balaban J connectivity index is 1.81. The summed E-state index contributed by atoms with van der Waals surface area (Å²) in [5, 5.41) is 26.4. The third-order valence-corrected chi connectivity index (χ3v) is 5.58. The summed E-state index contributed by atoms with van der Waals surface area (Å²) in [6, 6.07) is 5.03. The fourth-order valence-corrected chi connectivity index (χ4v) is 4.15. The summed E-state index contributed by atoms with van der Waals surface area (Å²) in [6.07, 6.45) is 9.70. The lowest BCUT2D eigenvalue weighted by Crippen LogP contribution is -2.31. The molecule has 1 aliphatic heterocycles. The van der Waals surface area contributed by atoms with Crippen LogP contribution in [0.5, 0.6) is 0 Å². The molecule has 0 spiro atoms. The van der Waals surface area contributed by atoms with Crippen LogP contribution in [0.2, 0.25) is 0 Å². The summed E-state index contributed by atoms with van der Waals surface area (Å²) in [5.74, 6) is -1.23. The summed E-state index contributed by atoms with van der Waals surface area (Å²) < 4.78 is 5.96. The number of carboxylic acids is 1. The molecule has 8 heteroatoms. The quantitative estimate of drug-likeness (QED) is 0.501. The molecule has 32 heavy (non-hydrogen) atoms. The molecule has 2 aliphatic carbocycles. The molecule has 0 radical (unpaired) electrons. The Kier molecular flexibility index (Phi) is 5.96. The topological polar surface area (TPSA) is 108 Å². The van der Waals surface area contributed by atoms with Crippen LogP contribution in [-0.4, -0.2) is 39.7 Å². The highest BCUT2D eigenvalue weighted by molar-refractivity contribution is 7.80. The molecule has 3 aliphatic rings. The van der Waals surface area contributed by atoms with Gasteiger partial charge in [0.2, 0.25) is 0 Å². The largest absolute Gasteiger partial charge is 0.508 e. The first kappa shape index (κ1) is 21.6. The van der Waals surface area contributed by atoms with E-state index in [1.807, 2.05) is 6.92 Å². The van der Waals surface area contributed by atoms with Crippen LogP contribution >= 0.6 is 12.2 Å². The molecule has 0 bridgehead atoms. The van der Waals surface area contributed by atoms with E-state index in [-0.39, 0.29) is 23.0 Å². The average molecular weight is 451 g/mol. The molecule has 164 valence electrons. The van der Waals surface area contributed by atoms with E-state index in [4.69, 9.17) is 17.0 Å². The molecular weight excluding hydrogens is 428 g/mol. The van der Waals surface area contributed by atoms with Crippen LogP contribution < -0.4 is 10.6 Å². The number of aliphatic hydroxyl groups is 1. The molecule has 0 aromatic heterocycles. The fourth-order valence-electron chi connectivity index (χ4n) is 3.93. The number of fused-ring (bicyclic) bond motifs is 2. The van der Waals surface area contributed by atoms with Gasteiger partial charge in [0.05, 0.1) is 5.56 Å². The first-order valence-corrected chi connectivity index (χ1v) is 10.6. The van der Waals surface area contributed by atoms with Crippen molar-refractivity contribution in [1.29, 1.82) is 0 Å². The van der Waals surface area contributed by atoms with Crippen molar-refractivity contribution in [1.82, 2.24) is 5.32 Å². The van der Waals surface area contributed by atoms with Crippen LogP contribution in [0.1, 0.15) is 29.3 Å². The lowest BCUT2D eigenvalue weighted by molar-refractivity contribution is -0.110. The number of benzene rings is 1. The lowest BCUT2D eigenvalue weighted by atomic mass is 9.77. The second kappa shape index (κ2) is 8.84. The van der Waals surface area contributed by atoms with Gasteiger partial charge in [0.15, 0.2) is 10.9 Å². The van der Waals surface area contributed by atoms with E-state index in [0.29, 0.717) is 39.8 Å². The lowest BCUT2D eigenvalue weighted by Gasteiger charge is -2.36. The van der Waals surface area contributed by atoms with Crippen molar-refractivity contribution in [3.8, 4) is 0 Å². The number of hydrogen-bond acceptors (Lipinski definition) is 5. The number of hydrogen-bond donors (Lipinski definition) is 4. The molecule has 0 fully saturated rings. The fraction of sp³-hybridized carbons (Fsp3) is 0.208. The van der Waals surface area contributed by atoms with Gasteiger partial charge in [-0.05, 0) is 66.2 Å². The van der Waals surface area contributed by atoms with Gasteiger partial charge in [-0.3, -0.25) is 4.79 Å². The molecule has 0 saturated carbocycles. The summed E-state index contributed by atoms with van der Waals surface area (Å²) in [5.41, 5.74) is 2.51. The number of thiocarbonyl (C=S) groups is 1. The van der Waals surface area contributed by atoms with Crippen molar-refractivity contribution in [2.45, 2.75) is 19.4 Å². The smallest absolute Gasteiger partial charge is 0.336 e. The molecule has 1 aromatic rings. The van der Waals surface area contributed by atoms with Gasteiger partial charge in [0.25, 0.3) is 0 Å². The first-order chi connectivity index (χ1) is 15.4. The van der Waals surface area contributed by atoms with Gasteiger partial charge in [0, 0.05) is 29.8 Å². The maximum absolute atomic E-state index is 12.2. The van der Waals surface area contributed by atoms with E-state index in [0.717, 1.165) is 6.42 Å². The van der Waals surface area contributed by atoms with Crippen LogP contribution in [0, 0.1) is 5.92 Å². The molecule has 7 nitrogen and oxygen atoms in total. The standard InChI is InChI=1S/C24H22N2O5S/c1-2-9-25-24(32)26-13-3-6-16(19(10-13)23(29)30)22-17-7-4-14(27)11-20(17)31-21-12-15(28)5-8-18(21)22/h3-8,10-12,17,20,27H,2,9H2,1H3,(H,29,30)(H2,25,26,32). The van der Waals surface area contributed by atoms with Gasteiger partial charge >= 0.3 is 5.97 Å². The zero-order chi connectivity index (χ0) is 22.8. The second-order valence-corrected chi connectivity index (χ2v) is 7.99. The minimum Gasteiger partial charge on any atom is -0.508 e. The Hall–Kier alpha value is -3.65. The number of ether oxygens (including phenoxy) is 1. The number of carboxylic acid groups (broad SMARTS) is 1. The minimum atomic E-state index is -1.09. The SMILES string of the molecule is CCCNC(=S)Nc1ccc(C2=C3C=CC(=O)C=C3OC3C=C(O)C=CC23)c(C(=O)O)c1. The van der Waals surface area contributed by atoms with E-state index in [9.17, 15) is 19.8 Å². The number of carbonyl (C=O) groups is 2. The number of nitrogens with one attached hydrogen (secondary N) is 2. The van der Waals surface area contributed by atoms with Crippen molar-refractivity contribution < 1.29 is 24.5 Å². The summed E-state index contributed by atoms with van der Waals surface area (Å²) in [6.45, 7) is 2.73. The summed E-state index contributed by atoms with van der Waals surface area (Å²) in [4.78, 5) is 24.1. The number of aliphatic hydroxyl groups excluding tert-OH is 1. The Morgan fingerprint density at radius 2 is 2.06 bits per heavy atom. The van der Waals surface area contributed by atoms with Crippen LogP contribution in [0.15, 0.2) is 71.7 Å². The van der Waals surface area contributed by atoms with Crippen LogP contribution in [0.4, 0.5) is 5.69 Å². The normalized spacial score (nSPS) is 21.1. The van der Waals surface area contributed by atoms with E-state index in [1.54, 1.807) is 36.4 Å². The van der Waals surface area contributed by atoms with Gasteiger partial charge in [-0.1, -0.05) is 19.1 Å². The third kappa shape index (κ3) is 4.22. The number of aromatic carboxylic acids is 1. The summed E-state index contributed by atoms with van der Waals surface area (Å²) in [7, 11) is 0. The van der Waals surface area contributed by atoms with Gasteiger partial charge in [-0.25, -0.2) is 4.79 Å². The van der Waals surface area contributed by atoms with Crippen molar-refractivity contribution >= 4 is 40.3 Å². The number of carbonyl (C=O) groups excluding carboxylic acids is 1. The Labute approximate surface area is 190 Å². The van der Waals surface area contributed by atoms with Crippen molar-refractivity contribution in [3.05, 3.63) is 82.9 Å². The van der Waals surface area contributed by atoms with Gasteiger partial charge in [-0.15, -0.1) is 0 Å². The summed E-state index contributed by atoms with van der Waals surface area (Å²) >= 11 is 5.26. The maximum Gasteiger partial charge on any atom is 0.336 e. The van der Waals surface area contributed by atoms with Gasteiger partial charge in [0.1, 0.15) is 17.6 Å². The maximum atomic E-state index is 12.2. The van der Waals surface area contributed by atoms with Crippen molar-refractivity contribution in [2.24, 2.45) is 5.92 Å². The zero-order valence-electron chi connectivity index (χ0n) is 17.3. The van der Waals surface area contributed by atoms with Gasteiger partial charge < -0.3 is 25.6 Å². The Morgan fingerprint density at radius 3 is 2.81 bits per heavy atom. The number of anilines is 1. The predicted molar refractivity (Wildman–Crippen MR) is 125 cm³/mol. The molecule has 0 saturated heterocycles.